The van der Waals surface area contributed by atoms with Gasteiger partial charge in [0.1, 0.15) is 0 Å². The summed E-state index contributed by atoms with van der Waals surface area (Å²) in [4.78, 5) is 26.5. The second kappa shape index (κ2) is 8.76. The van der Waals surface area contributed by atoms with Gasteiger partial charge < -0.3 is 10.2 Å². The fraction of sp³-hybridized carbons (Fsp3) is 0.421. The van der Waals surface area contributed by atoms with Crippen LogP contribution in [-0.2, 0) is 18.3 Å². The van der Waals surface area contributed by atoms with Crippen LogP contribution < -0.4 is 5.32 Å². The Kier molecular flexibility index (Phi) is 6.39. The van der Waals surface area contributed by atoms with Gasteiger partial charge in [-0.1, -0.05) is 29.3 Å². The molecule has 8 heteroatoms. The van der Waals surface area contributed by atoms with Gasteiger partial charge in [-0.2, -0.15) is 5.10 Å². The summed E-state index contributed by atoms with van der Waals surface area (Å²) in [6.07, 6.45) is 5.17. The van der Waals surface area contributed by atoms with Gasteiger partial charge in [0.25, 0.3) is 5.91 Å². The van der Waals surface area contributed by atoms with Crippen LogP contribution in [0.4, 0.5) is 0 Å². The highest BCUT2D eigenvalue weighted by Crippen LogP contribution is 2.26. The topological polar surface area (TPSA) is 67.2 Å². The van der Waals surface area contributed by atoms with Gasteiger partial charge in [-0.15, -0.1) is 0 Å². The van der Waals surface area contributed by atoms with E-state index in [0.29, 0.717) is 46.7 Å². The maximum absolute atomic E-state index is 12.6. The van der Waals surface area contributed by atoms with Crippen molar-refractivity contribution in [2.75, 3.05) is 19.6 Å². The number of hydrogen-bond donors (Lipinski definition) is 1. The van der Waals surface area contributed by atoms with Crippen LogP contribution in [0.15, 0.2) is 30.6 Å². The molecule has 0 radical (unpaired) electrons. The molecule has 0 saturated carbocycles. The molecule has 2 amide bonds. The SMILES string of the molecule is Cn1cc(C(=O)NCC2CCN(C(=O)Cc3c(Cl)cccc3Cl)CC2)cn1. The monoisotopic (exact) mass is 408 g/mol. The van der Waals surface area contributed by atoms with E-state index >= 15 is 0 Å². The van der Waals surface area contributed by atoms with Gasteiger partial charge in [0.15, 0.2) is 0 Å². The Morgan fingerprint density at radius 1 is 1.22 bits per heavy atom. The summed E-state index contributed by atoms with van der Waals surface area (Å²) in [6.45, 7) is 1.95. The van der Waals surface area contributed by atoms with Crippen molar-refractivity contribution in [3.8, 4) is 0 Å². The molecule has 1 aliphatic rings. The van der Waals surface area contributed by atoms with E-state index in [-0.39, 0.29) is 18.2 Å². The largest absolute Gasteiger partial charge is 0.352 e. The number of nitrogens with one attached hydrogen (secondary N) is 1. The zero-order valence-electron chi connectivity index (χ0n) is 15.1. The maximum Gasteiger partial charge on any atom is 0.254 e. The maximum atomic E-state index is 12.6. The van der Waals surface area contributed by atoms with Crippen molar-refractivity contribution in [2.45, 2.75) is 19.3 Å². The van der Waals surface area contributed by atoms with Crippen LogP contribution in [0.3, 0.4) is 0 Å². The van der Waals surface area contributed by atoms with Gasteiger partial charge in [-0.25, -0.2) is 0 Å². The van der Waals surface area contributed by atoms with E-state index in [4.69, 9.17) is 23.2 Å². The van der Waals surface area contributed by atoms with E-state index in [2.05, 4.69) is 10.4 Å². The molecule has 2 aromatic rings. The van der Waals surface area contributed by atoms with Crippen molar-refractivity contribution in [2.24, 2.45) is 13.0 Å². The zero-order valence-corrected chi connectivity index (χ0v) is 16.6. The van der Waals surface area contributed by atoms with Crippen LogP contribution in [0.2, 0.25) is 10.0 Å². The predicted octanol–water partition coefficient (Wildman–Crippen LogP) is 2.94. The molecule has 1 aromatic carbocycles. The van der Waals surface area contributed by atoms with Crippen molar-refractivity contribution in [3.63, 3.8) is 0 Å². The number of halogens is 2. The molecule has 3 rings (SSSR count). The third kappa shape index (κ3) is 5.02. The third-order valence-electron chi connectivity index (χ3n) is 4.88. The minimum absolute atomic E-state index is 0.0304. The van der Waals surface area contributed by atoms with E-state index in [1.54, 1.807) is 42.3 Å². The van der Waals surface area contributed by atoms with Gasteiger partial charge in [0.2, 0.25) is 5.91 Å². The van der Waals surface area contributed by atoms with Crippen LogP contribution in [0.25, 0.3) is 0 Å². The molecule has 0 unspecified atom stereocenters. The number of carbonyl (C=O) groups excluding carboxylic acids is 2. The minimum Gasteiger partial charge on any atom is -0.352 e. The number of piperidine rings is 1. The van der Waals surface area contributed by atoms with Gasteiger partial charge >= 0.3 is 0 Å². The standard InChI is InChI=1S/C19H22Cl2N4O2/c1-24-12-14(11-23-24)19(27)22-10-13-5-7-25(8-6-13)18(26)9-15-16(20)3-2-4-17(15)21/h2-4,11-13H,5-10H2,1H3,(H,22,27). The number of aromatic nitrogens is 2. The number of aryl methyl sites for hydroxylation is 1. The summed E-state index contributed by atoms with van der Waals surface area (Å²) in [5.74, 6) is 0.274. The predicted molar refractivity (Wildman–Crippen MR) is 105 cm³/mol. The number of hydrogen-bond acceptors (Lipinski definition) is 3. The highest BCUT2D eigenvalue weighted by molar-refractivity contribution is 6.36. The number of rotatable bonds is 5. The lowest BCUT2D eigenvalue weighted by molar-refractivity contribution is -0.131. The molecule has 1 N–H and O–H groups in total. The first-order valence-corrected chi connectivity index (χ1v) is 9.67. The Bertz CT molecular complexity index is 809. The van der Waals surface area contributed by atoms with E-state index in [1.807, 2.05) is 4.90 Å². The first kappa shape index (κ1) is 19.7. The van der Waals surface area contributed by atoms with Crippen molar-refractivity contribution >= 4 is 35.0 Å². The molecular weight excluding hydrogens is 387 g/mol. The second-order valence-electron chi connectivity index (χ2n) is 6.81. The minimum atomic E-state index is -0.116. The molecule has 144 valence electrons. The van der Waals surface area contributed by atoms with Crippen molar-refractivity contribution in [1.82, 2.24) is 20.0 Å². The highest BCUT2D eigenvalue weighted by atomic mass is 35.5. The smallest absolute Gasteiger partial charge is 0.254 e. The molecule has 1 aromatic heterocycles. The van der Waals surface area contributed by atoms with E-state index in [9.17, 15) is 9.59 Å². The zero-order chi connectivity index (χ0) is 19.4. The molecule has 1 saturated heterocycles. The normalized spacial score (nSPS) is 15.0. The molecule has 0 atom stereocenters. The fourth-order valence-electron chi connectivity index (χ4n) is 3.23. The lowest BCUT2D eigenvalue weighted by Crippen LogP contribution is -2.42. The van der Waals surface area contributed by atoms with Crippen LogP contribution in [0.5, 0.6) is 0 Å². The Morgan fingerprint density at radius 2 is 1.89 bits per heavy atom. The van der Waals surface area contributed by atoms with Crippen molar-refractivity contribution in [1.29, 1.82) is 0 Å². The quantitative estimate of drug-likeness (QED) is 0.826. The molecule has 27 heavy (non-hydrogen) atoms. The third-order valence-corrected chi connectivity index (χ3v) is 5.58. The number of nitrogens with zero attached hydrogens (tertiary/aromatic N) is 3. The molecule has 0 bridgehead atoms. The Labute approximate surface area is 168 Å². The Balaban J connectivity index is 1.46. The first-order valence-electron chi connectivity index (χ1n) is 8.91. The van der Waals surface area contributed by atoms with Gasteiger partial charge in [-0.05, 0) is 36.5 Å². The molecule has 1 fully saturated rings. The summed E-state index contributed by atoms with van der Waals surface area (Å²) in [7, 11) is 1.78. The van der Waals surface area contributed by atoms with E-state index in [0.717, 1.165) is 12.8 Å². The van der Waals surface area contributed by atoms with E-state index in [1.165, 1.54) is 0 Å². The average molecular weight is 409 g/mol. The average Bonchev–Trinajstić information content (AvgIpc) is 3.09. The summed E-state index contributed by atoms with van der Waals surface area (Å²) < 4.78 is 1.60. The van der Waals surface area contributed by atoms with Crippen LogP contribution in [0, 0.1) is 5.92 Å². The number of carbonyl (C=O) groups is 2. The molecule has 2 heterocycles. The molecule has 0 spiro atoms. The fourth-order valence-corrected chi connectivity index (χ4v) is 3.76. The van der Waals surface area contributed by atoms with E-state index < -0.39 is 0 Å². The van der Waals surface area contributed by atoms with Crippen LogP contribution in [-0.4, -0.2) is 46.1 Å². The van der Waals surface area contributed by atoms with Gasteiger partial charge in [-0.3, -0.25) is 14.3 Å². The second-order valence-corrected chi connectivity index (χ2v) is 7.63. The van der Waals surface area contributed by atoms with Gasteiger partial charge in [0.05, 0.1) is 18.2 Å². The molecular formula is C19H22Cl2N4O2. The van der Waals surface area contributed by atoms with Crippen molar-refractivity contribution < 1.29 is 9.59 Å². The van der Waals surface area contributed by atoms with Crippen LogP contribution >= 0.6 is 23.2 Å². The Hall–Kier alpha value is -2.05. The van der Waals surface area contributed by atoms with Crippen molar-refractivity contribution in [3.05, 3.63) is 51.8 Å². The highest BCUT2D eigenvalue weighted by Gasteiger charge is 2.24. The van der Waals surface area contributed by atoms with Gasteiger partial charge in [0, 0.05) is 42.9 Å². The molecule has 6 nitrogen and oxygen atoms in total. The summed E-state index contributed by atoms with van der Waals surface area (Å²) in [6, 6.07) is 5.25. The summed E-state index contributed by atoms with van der Waals surface area (Å²) in [5, 5.41) is 7.99. The molecule has 1 aliphatic heterocycles. The first-order chi connectivity index (χ1) is 12.9. The summed E-state index contributed by atoms with van der Waals surface area (Å²) >= 11 is 12.3. The number of likely N-dealkylation sites (tertiary alicyclic amines) is 1. The Morgan fingerprint density at radius 3 is 2.48 bits per heavy atom. The lowest BCUT2D eigenvalue weighted by atomic mass is 9.96. The molecule has 0 aliphatic carbocycles. The number of benzene rings is 1. The number of amides is 2. The van der Waals surface area contributed by atoms with Crippen LogP contribution in [0.1, 0.15) is 28.8 Å². The lowest BCUT2D eigenvalue weighted by Gasteiger charge is -2.32. The summed E-state index contributed by atoms with van der Waals surface area (Å²) in [5.41, 5.74) is 1.23.